The highest BCUT2D eigenvalue weighted by Crippen LogP contribution is 2.31. The summed E-state index contributed by atoms with van der Waals surface area (Å²) < 4.78 is 10.4. The molecular formula is C10H20O3. The Morgan fingerprint density at radius 1 is 1.31 bits per heavy atom. The van der Waals surface area contributed by atoms with E-state index < -0.39 is 6.29 Å². The van der Waals surface area contributed by atoms with E-state index in [9.17, 15) is 5.11 Å². The quantitative estimate of drug-likeness (QED) is 0.682. The summed E-state index contributed by atoms with van der Waals surface area (Å²) in [5, 5.41) is 9.42. The maximum absolute atomic E-state index is 9.42. The lowest BCUT2D eigenvalue weighted by Gasteiger charge is -2.35. The first kappa shape index (κ1) is 11.0. The number of aliphatic hydroxyl groups excluding tert-OH is 1. The normalized spacial score (nSPS) is 24.2. The Morgan fingerprint density at radius 3 is 2.46 bits per heavy atom. The molecule has 0 bridgehead atoms. The van der Waals surface area contributed by atoms with Gasteiger partial charge in [-0.1, -0.05) is 19.3 Å². The molecule has 0 aromatic rings. The Hall–Kier alpha value is -0.120. The summed E-state index contributed by atoms with van der Waals surface area (Å²) in [6.07, 6.45) is 5.03. The highest BCUT2D eigenvalue weighted by atomic mass is 16.6. The van der Waals surface area contributed by atoms with Gasteiger partial charge in [-0.2, -0.15) is 0 Å². The molecule has 3 nitrogen and oxygen atoms in total. The van der Waals surface area contributed by atoms with Crippen LogP contribution in [0.4, 0.5) is 0 Å². The van der Waals surface area contributed by atoms with Gasteiger partial charge in [-0.05, 0) is 19.8 Å². The van der Waals surface area contributed by atoms with Gasteiger partial charge < -0.3 is 14.6 Å². The van der Waals surface area contributed by atoms with Gasteiger partial charge in [-0.25, -0.2) is 0 Å². The monoisotopic (exact) mass is 188 g/mol. The minimum Gasteiger partial charge on any atom is -0.379 e. The van der Waals surface area contributed by atoms with E-state index in [1.165, 1.54) is 19.3 Å². The van der Waals surface area contributed by atoms with Gasteiger partial charge in [0.2, 0.25) is 0 Å². The van der Waals surface area contributed by atoms with Gasteiger partial charge in [-0.15, -0.1) is 0 Å². The lowest BCUT2D eigenvalue weighted by Crippen LogP contribution is -2.37. The zero-order valence-corrected chi connectivity index (χ0v) is 8.58. The first-order valence-electron chi connectivity index (χ1n) is 5.01. The number of ether oxygens (including phenoxy) is 2. The first-order valence-corrected chi connectivity index (χ1v) is 5.01. The average molecular weight is 188 g/mol. The van der Waals surface area contributed by atoms with E-state index in [0.717, 1.165) is 12.8 Å². The molecule has 0 heterocycles. The van der Waals surface area contributed by atoms with Crippen LogP contribution in [0.5, 0.6) is 0 Å². The van der Waals surface area contributed by atoms with E-state index in [1.54, 1.807) is 7.11 Å². The summed E-state index contributed by atoms with van der Waals surface area (Å²) in [5.74, 6) is 0. The molecule has 1 rings (SSSR count). The van der Waals surface area contributed by atoms with E-state index in [1.807, 2.05) is 0 Å². The Morgan fingerprint density at radius 2 is 1.92 bits per heavy atom. The largest absolute Gasteiger partial charge is 0.379 e. The molecular weight excluding hydrogens is 168 g/mol. The molecule has 1 fully saturated rings. The van der Waals surface area contributed by atoms with Crippen LogP contribution in [-0.2, 0) is 9.47 Å². The van der Waals surface area contributed by atoms with Crippen molar-refractivity contribution in [2.75, 3.05) is 13.7 Å². The topological polar surface area (TPSA) is 38.7 Å². The van der Waals surface area contributed by atoms with Gasteiger partial charge in [0, 0.05) is 7.11 Å². The molecule has 13 heavy (non-hydrogen) atoms. The van der Waals surface area contributed by atoms with Crippen LogP contribution in [-0.4, -0.2) is 30.7 Å². The van der Waals surface area contributed by atoms with Crippen LogP contribution in [0.3, 0.4) is 0 Å². The van der Waals surface area contributed by atoms with Crippen LogP contribution in [0.15, 0.2) is 0 Å². The maximum Gasteiger partial charge on any atom is 0.178 e. The van der Waals surface area contributed by atoms with Gasteiger partial charge in [0.1, 0.15) is 0 Å². The van der Waals surface area contributed by atoms with Gasteiger partial charge in [0.25, 0.3) is 0 Å². The van der Waals surface area contributed by atoms with Crippen LogP contribution in [0.2, 0.25) is 0 Å². The van der Waals surface area contributed by atoms with Crippen molar-refractivity contribution in [3.05, 3.63) is 0 Å². The van der Waals surface area contributed by atoms with Crippen molar-refractivity contribution in [2.45, 2.75) is 50.9 Å². The summed E-state index contributed by atoms with van der Waals surface area (Å²) in [7, 11) is 1.57. The molecule has 0 aromatic carbocycles. The van der Waals surface area contributed by atoms with Crippen LogP contribution in [0, 0.1) is 0 Å². The minimum absolute atomic E-state index is 0.129. The van der Waals surface area contributed by atoms with Gasteiger partial charge >= 0.3 is 0 Å². The molecule has 1 aliphatic rings. The Kier molecular flexibility index (Phi) is 4.16. The molecule has 0 amide bonds. The summed E-state index contributed by atoms with van der Waals surface area (Å²) in [6.45, 7) is 2.33. The van der Waals surface area contributed by atoms with Gasteiger partial charge in [0.05, 0.1) is 12.2 Å². The maximum atomic E-state index is 9.42. The molecule has 0 aliphatic heterocycles. The third kappa shape index (κ3) is 3.63. The highest BCUT2D eigenvalue weighted by molar-refractivity contribution is 4.79. The summed E-state index contributed by atoms with van der Waals surface area (Å²) in [6, 6.07) is 0. The van der Waals surface area contributed by atoms with E-state index in [2.05, 4.69) is 6.92 Å². The fraction of sp³-hybridized carbons (Fsp3) is 1.00. The van der Waals surface area contributed by atoms with E-state index in [-0.39, 0.29) is 12.2 Å². The van der Waals surface area contributed by atoms with Crippen molar-refractivity contribution in [1.29, 1.82) is 0 Å². The predicted octanol–water partition coefficient (Wildman–Crippen LogP) is 1.69. The number of methoxy groups -OCH3 is 1. The number of aliphatic hydroxyl groups is 1. The molecule has 3 heteroatoms. The van der Waals surface area contributed by atoms with Crippen LogP contribution in [0.25, 0.3) is 0 Å². The fourth-order valence-corrected chi connectivity index (χ4v) is 1.92. The van der Waals surface area contributed by atoms with Gasteiger partial charge in [-0.3, -0.25) is 0 Å². The number of hydrogen-bond acceptors (Lipinski definition) is 3. The molecule has 0 aromatic heterocycles. The second-order valence-electron chi connectivity index (χ2n) is 4.04. The molecule has 1 saturated carbocycles. The van der Waals surface area contributed by atoms with Crippen molar-refractivity contribution in [3.63, 3.8) is 0 Å². The second-order valence-corrected chi connectivity index (χ2v) is 4.04. The van der Waals surface area contributed by atoms with Crippen molar-refractivity contribution < 1.29 is 14.6 Å². The Balaban J connectivity index is 2.31. The van der Waals surface area contributed by atoms with Crippen molar-refractivity contribution >= 4 is 0 Å². The summed E-state index contributed by atoms with van der Waals surface area (Å²) in [4.78, 5) is 0. The molecule has 1 N–H and O–H groups in total. The zero-order chi connectivity index (χ0) is 9.73. The van der Waals surface area contributed by atoms with E-state index in [0.29, 0.717) is 0 Å². The molecule has 78 valence electrons. The van der Waals surface area contributed by atoms with Crippen LogP contribution in [0.1, 0.15) is 39.0 Å². The molecule has 0 unspecified atom stereocenters. The average Bonchev–Trinajstić information content (AvgIpc) is 2.04. The van der Waals surface area contributed by atoms with Crippen LogP contribution >= 0.6 is 0 Å². The summed E-state index contributed by atoms with van der Waals surface area (Å²) in [5.41, 5.74) is -0.129. The standard InChI is InChI=1S/C10H20O3/c1-10(6-4-3-5-7-10)13-9(11)8-12-2/h9,11H,3-8H2,1-2H3/t9-/m0/s1. The SMILES string of the molecule is COC[C@@H](O)OC1(C)CCCCC1. The van der Waals surface area contributed by atoms with Crippen molar-refractivity contribution in [1.82, 2.24) is 0 Å². The smallest absolute Gasteiger partial charge is 0.178 e. The van der Waals surface area contributed by atoms with Crippen LogP contribution < -0.4 is 0 Å². The number of hydrogen-bond donors (Lipinski definition) is 1. The van der Waals surface area contributed by atoms with Crippen molar-refractivity contribution in [3.8, 4) is 0 Å². The third-order valence-corrected chi connectivity index (χ3v) is 2.64. The first-order chi connectivity index (χ1) is 6.16. The summed E-state index contributed by atoms with van der Waals surface area (Å²) >= 11 is 0. The predicted molar refractivity (Wildman–Crippen MR) is 50.5 cm³/mol. The zero-order valence-electron chi connectivity index (χ0n) is 8.58. The van der Waals surface area contributed by atoms with Gasteiger partial charge in [0.15, 0.2) is 6.29 Å². The molecule has 1 atom stereocenters. The Labute approximate surface area is 80.0 Å². The third-order valence-electron chi connectivity index (χ3n) is 2.64. The van der Waals surface area contributed by atoms with E-state index >= 15 is 0 Å². The molecule has 0 saturated heterocycles. The Bertz CT molecular complexity index is 141. The number of rotatable bonds is 4. The molecule has 1 aliphatic carbocycles. The minimum atomic E-state index is -0.770. The van der Waals surface area contributed by atoms with Crippen molar-refractivity contribution in [2.24, 2.45) is 0 Å². The second kappa shape index (κ2) is 4.94. The lowest BCUT2D eigenvalue weighted by molar-refractivity contribution is -0.206. The van der Waals surface area contributed by atoms with E-state index in [4.69, 9.17) is 9.47 Å². The highest BCUT2D eigenvalue weighted by Gasteiger charge is 2.29. The lowest BCUT2D eigenvalue weighted by atomic mass is 9.86. The molecule has 0 radical (unpaired) electrons. The fourth-order valence-electron chi connectivity index (χ4n) is 1.92. The molecule has 0 spiro atoms.